The van der Waals surface area contributed by atoms with Gasteiger partial charge in [0.25, 0.3) is 5.91 Å². The van der Waals surface area contributed by atoms with Crippen molar-refractivity contribution in [1.29, 1.82) is 0 Å². The second-order valence-corrected chi connectivity index (χ2v) is 6.63. The standard InChI is InChI=1S/C18H18ClFN4O2/c1-18(6-7-26-10-16(21)24-18)13-8-12(3-4-14(13)20)23-17(25)15-5-2-11(19)9-22-15/h2-5,8-9H,6-7,10H2,1H3,(H2,21,24)(H,23,25). The maximum Gasteiger partial charge on any atom is 0.274 e. The Labute approximate surface area is 155 Å². The van der Waals surface area contributed by atoms with Crippen molar-refractivity contribution in [3.8, 4) is 0 Å². The van der Waals surface area contributed by atoms with E-state index < -0.39 is 17.3 Å². The van der Waals surface area contributed by atoms with Crippen LogP contribution in [0.2, 0.25) is 5.02 Å². The largest absolute Gasteiger partial charge is 0.386 e. The number of rotatable bonds is 3. The summed E-state index contributed by atoms with van der Waals surface area (Å²) in [6.07, 6.45) is 1.86. The number of pyridine rings is 1. The summed E-state index contributed by atoms with van der Waals surface area (Å²) in [5, 5.41) is 3.14. The number of carbonyl (C=O) groups is 1. The summed E-state index contributed by atoms with van der Waals surface area (Å²) in [5.74, 6) is -0.533. The van der Waals surface area contributed by atoms with Crippen LogP contribution in [0.1, 0.15) is 29.4 Å². The number of benzene rings is 1. The van der Waals surface area contributed by atoms with E-state index >= 15 is 0 Å². The summed E-state index contributed by atoms with van der Waals surface area (Å²) in [5.41, 5.74) is 5.93. The summed E-state index contributed by atoms with van der Waals surface area (Å²) in [4.78, 5) is 20.7. The molecule has 3 N–H and O–H groups in total. The SMILES string of the molecule is CC1(c2cc(NC(=O)c3ccc(Cl)cn3)ccc2F)CCOCC(N)=N1. The molecule has 1 unspecified atom stereocenters. The van der Waals surface area contributed by atoms with Crippen LogP contribution in [0.3, 0.4) is 0 Å². The van der Waals surface area contributed by atoms with Gasteiger partial charge in [0, 0.05) is 24.1 Å². The van der Waals surface area contributed by atoms with Gasteiger partial charge in [0.15, 0.2) is 0 Å². The van der Waals surface area contributed by atoms with Gasteiger partial charge < -0.3 is 15.8 Å². The molecule has 1 aliphatic heterocycles. The lowest BCUT2D eigenvalue weighted by Crippen LogP contribution is -2.26. The molecule has 1 aromatic heterocycles. The lowest BCUT2D eigenvalue weighted by molar-refractivity contribution is 0.102. The summed E-state index contributed by atoms with van der Waals surface area (Å²) in [6.45, 7) is 2.42. The molecule has 1 aliphatic rings. The molecule has 2 heterocycles. The molecule has 0 spiro atoms. The minimum Gasteiger partial charge on any atom is -0.386 e. The zero-order chi connectivity index (χ0) is 18.7. The fraction of sp³-hybridized carbons (Fsp3) is 0.278. The molecule has 0 radical (unpaired) electrons. The van der Waals surface area contributed by atoms with Gasteiger partial charge in [0.05, 0.1) is 10.6 Å². The average Bonchev–Trinajstić information content (AvgIpc) is 2.78. The number of hydrogen-bond donors (Lipinski definition) is 2. The normalized spacial score (nSPS) is 20.2. The highest BCUT2D eigenvalue weighted by Crippen LogP contribution is 2.34. The Balaban J connectivity index is 1.89. The molecular weight excluding hydrogens is 359 g/mol. The number of amidine groups is 1. The smallest absolute Gasteiger partial charge is 0.274 e. The molecule has 0 aliphatic carbocycles. The summed E-state index contributed by atoms with van der Waals surface area (Å²) in [6, 6.07) is 7.42. The van der Waals surface area contributed by atoms with Gasteiger partial charge in [0.1, 0.15) is 24.0 Å². The number of carbonyl (C=O) groups excluding carboxylic acids is 1. The number of amides is 1. The number of nitrogens with two attached hydrogens (primary N) is 1. The van der Waals surface area contributed by atoms with Crippen molar-refractivity contribution in [1.82, 2.24) is 4.98 Å². The molecule has 0 saturated heterocycles. The Bertz CT molecular complexity index is 857. The maximum absolute atomic E-state index is 14.5. The van der Waals surface area contributed by atoms with Gasteiger partial charge in [-0.25, -0.2) is 9.37 Å². The molecule has 0 fully saturated rings. The molecule has 8 heteroatoms. The molecule has 0 saturated carbocycles. The van der Waals surface area contributed by atoms with E-state index in [0.29, 0.717) is 35.1 Å². The first-order chi connectivity index (χ1) is 12.4. The Hall–Kier alpha value is -2.51. The Morgan fingerprint density at radius 3 is 2.92 bits per heavy atom. The van der Waals surface area contributed by atoms with Crippen molar-refractivity contribution in [3.63, 3.8) is 0 Å². The van der Waals surface area contributed by atoms with Gasteiger partial charge in [-0.05, 0) is 43.7 Å². The molecule has 26 heavy (non-hydrogen) atoms. The van der Waals surface area contributed by atoms with Crippen molar-refractivity contribution in [2.24, 2.45) is 10.7 Å². The molecule has 136 valence electrons. The number of nitrogens with zero attached hydrogens (tertiary/aromatic N) is 2. The molecule has 1 amide bonds. The summed E-state index contributed by atoms with van der Waals surface area (Å²) < 4.78 is 19.8. The van der Waals surface area contributed by atoms with Crippen LogP contribution in [0.25, 0.3) is 0 Å². The number of aliphatic imine (C=N–C) groups is 1. The minimum atomic E-state index is -0.871. The summed E-state index contributed by atoms with van der Waals surface area (Å²) >= 11 is 5.77. The van der Waals surface area contributed by atoms with Gasteiger partial charge in [-0.3, -0.25) is 9.79 Å². The molecule has 3 rings (SSSR count). The van der Waals surface area contributed by atoms with Crippen molar-refractivity contribution in [2.75, 3.05) is 18.5 Å². The third-order valence-corrected chi connectivity index (χ3v) is 4.36. The van der Waals surface area contributed by atoms with Gasteiger partial charge in [-0.15, -0.1) is 0 Å². The molecule has 0 bridgehead atoms. The van der Waals surface area contributed by atoms with Crippen LogP contribution in [-0.4, -0.2) is 29.9 Å². The lowest BCUT2D eigenvalue weighted by atomic mass is 9.88. The third-order valence-electron chi connectivity index (χ3n) is 4.14. The molecule has 1 aromatic carbocycles. The van der Waals surface area contributed by atoms with Gasteiger partial charge in [-0.2, -0.15) is 0 Å². The number of hydrogen-bond acceptors (Lipinski definition) is 5. The third kappa shape index (κ3) is 4.00. The van der Waals surface area contributed by atoms with Gasteiger partial charge in [-0.1, -0.05) is 11.6 Å². The zero-order valence-electron chi connectivity index (χ0n) is 14.1. The number of nitrogens with one attached hydrogen (secondary N) is 1. The molecular formula is C18H18ClFN4O2. The second kappa shape index (κ2) is 7.39. The van der Waals surface area contributed by atoms with E-state index in [1.54, 1.807) is 19.1 Å². The van der Waals surface area contributed by atoms with Crippen LogP contribution in [0.5, 0.6) is 0 Å². The molecule has 2 aromatic rings. The second-order valence-electron chi connectivity index (χ2n) is 6.19. The Kier molecular flexibility index (Phi) is 5.20. The van der Waals surface area contributed by atoms with Crippen LogP contribution >= 0.6 is 11.6 Å². The number of aromatic nitrogens is 1. The van der Waals surface area contributed by atoms with E-state index in [1.807, 2.05) is 0 Å². The predicted octanol–water partition coefficient (Wildman–Crippen LogP) is 3.12. The average molecular weight is 377 g/mol. The van der Waals surface area contributed by atoms with Crippen molar-refractivity contribution in [2.45, 2.75) is 18.9 Å². The molecule has 6 nitrogen and oxygen atoms in total. The monoisotopic (exact) mass is 376 g/mol. The number of anilines is 1. The van der Waals surface area contributed by atoms with Crippen LogP contribution in [-0.2, 0) is 10.3 Å². The molecule has 1 atom stereocenters. The summed E-state index contributed by atoms with van der Waals surface area (Å²) in [7, 11) is 0. The highest BCUT2D eigenvalue weighted by molar-refractivity contribution is 6.30. The fourth-order valence-electron chi connectivity index (χ4n) is 2.77. The van der Waals surface area contributed by atoms with E-state index in [9.17, 15) is 9.18 Å². The minimum absolute atomic E-state index is 0.205. The fourth-order valence-corrected chi connectivity index (χ4v) is 2.88. The van der Waals surface area contributed by atoms with E-state index in [2.05, 4.69) is 15.3 Å². The number of ether oxygens (including phenoxy) is 1. The van der Waals surface area contributed by atoms with E-state index in [-0.39, 0.29) is 12.3 Å². The highest BCUT2D eigenvalue weighted by Gasteiger charge is 2.31. The van der Waals surface area contributed by atoms with E-state index in [4.69, 9.17) is 22.1 Å². The first-order valence-electron chi connectivity index (χ1n) is 8.02. The van der Waals surface area contributed by atoms with Crippen LogP contribution in [0.4, 0.5) is 10.1 Å². The van der Waals surface area contributed by atoms with Crippen LogP contribution in [0.15, 0.2) is 41.5 Å². The van der Waals surface area contributed by atoms with Crippen LogP contribution in [0, 0.1) is 5.82 Å². The highest BCUT2D eigenvalue weighted by atomic mass is 35.5. The predicted molar refractivity (Wildman–Crippen MR) is 98.0 cm³/mol. The Morgan fingerprint density at radius 2 is 2.19 bits per heavy atom. The quantitative estimate of drug-likeness (QED) is 0.861. The first-order valence-corrected chi connectivity index (χ1v) is 8.40. The van der Waals surface area contributed by atoms with Crippen molar-refractivity contribution >= 4 is 29.0 Å². The van der Waals surface area contributed by atoms with E-state index in [0.717, 1.165) is 0 Å². The van der Waals surface area contributed by atoms with Crippen molar-refractivity contribution in [3.05, 3.63) is 58.6 Å². The topological polar surface area (TPSA) is 89.6 Å². The first kappa shape index (κ1) is 18.3. The van der Waals surface area contributed by atoms with Crippen LogP contribution < -0.4 is 11.1 Å². The van der Waals surface area contributed by atoms with Crippen molar-refractivity contribution < 1.29 is 13.9 Å². The number of halogens is 2. The Morgan fingerprint density at radius 1 is 1.38 bits per heavy atom. The maximum atomic E-state index is 14.5. The zero-order valence-corrected chi connectivity index (χ0v) is 14.9. The van der Waals surface area contributed by atoms with Gasteiger partial charge >= 0.3 is 0 Å². The van der Waals surface area contributed by atoms with E-state index in [1.165, 1.54) is 24.4 Å². The van der Waals surface area contributed by atoms with Gasteiger partial charge in [0.2, 0.25) is 0 Å². The lowest BCUT2D eigenvalue weighted by Gasteiger charge is -2.25.